The van der Waals surface area contributed by atoms with Crippen molar-refractivity contribution in [3.8, 4) is 0 Å². The molecule has 4 nitrogen and oxygen atoms in total. The number of hydrogen-bond donors (Lipinski definition) is 2. The zero-order chi connectivity index (χ0) is 11.4. The van der Waals surface area contributed by atoms with Gasteiger partial charge >= 0.3 is 0 Å². The van der Waals surface area contributed by atoms with Crippen LogP contribution in [0.15, 0.2) is 47.3 Å². The number of hydrogen-bond acceptors (Lipinski definition) is 4. The summed E-state index contributed by atoms with van der Waals surface area (Å²) in [6, 6.07) is 7.77. The summed E-state index contributed by atoms with van der Waals surface area (Å²) in [7, 11) is 0. The topological polar surface area (TPSA) is 63.8 Å². The van der Waals surface area contributed by atoms with Gasteiger partial charge in [-0.2, -0.15) is 0 Å². The van der Waals surface area contributed by atoms with Crippen molar-refractivity contribution in [2.75, 3.05) is 0 Å². The molecule has 0 saturated carbocycles. The number of nitrogens with one attached hydrogen (secondary N) is 1. The van der Waals surface area contributed by atoms with E-state index in [9.17, 15) is 0 Å². The van der Waals surface area contributed by atoms with Crippen LogP contribution < -0.4 is 11.3 Å². The van der Waals surface area contributed by atoms with Crippen molar-refractivity contribution in [1.82, 2.24) is 15.4 Å². The van der Waals surface area contributed by atoms with Gasteiger partial charge in [-0.25, -0.2) is 5.43 Å². The first-order valence-electron chi connectivity index (χ1n) is 4.79. The van der Waals surface area contributed by atoms with E-state index in [2.05, 4.69) is 31.3 Å². The molecule has 1 heterocycles. The van der Waals surface area contributed by atoms with Gasteiger partial charge in [0.25, 0.3) is 0 Å². The Hall–Kier alpha value is -1.30. The van der Waals surface area contributed by atoms with Gasteiger partial charge < -0.3 is 0 Å². The lowest BCUT2D eigenvalue weighted by atomic mass is 10.1. The molecule has 0 spiro atoms. The first-order valence-corrected chi connectivity index (χ1v) is 5.58. The highest BCUT2D eigenvalue weighted by molar-refractivity contribution is 9.10. The van der Waals surface area contributed by atoms with Crippen LogP contribution in [0.3, 0.4) is 0 Å². The van der Waals surface area contributed by atoms with Gasteiger partial charge in [-0.1, -0.05) is 28.1 Å². The molecular weight excluding hydrogens is 268 g/mol. The van der Waals surface area contributed by atoms with E-state index in [1.165, 1.54) is 0 Å². The summed E-state index contributed by atoms with van der Waals surface area (Å²) >= 11 is 3.43. The second-order valence-electron chi connectivity index (χ2n) is 3.28. The van der Waals surface area contributed by atoms with Crippen LogP contribution >= 0.6 is 15.9 Å². The van der Waals surface area contributed by atoms with E-state index in [-0.39, 0.29) is 6.04 Å². The fourth-order valence-corrected chi connectivity index (χ4v) is 1.92. The third kappa shape index (κ3) is 2.44. The molecule has 1 aromatic heterocycles. The fourth-order valence-electron chi connectivity index (χ4n) is 1.50. The second kappa shape index (κ2) is 5.16. The smallest absolute Gasteiger partial charge is 0.0897 e. The minimum Gasteiger partial charge on any atom is -0.271 e. The molecule has 0 fully saturated rings. The molecule has 0 radical (unpaired) electrons. The van der Waals surface area contributed by atoms with E-state index in [1.807, 2.05) is 24.3 Å². The number of benzene rings is 1. The average molecular weight is 279 g/mol. The first-order chi connectivity index (χ1) is 7.81. The Balaban J connectivity index is 2.37. The van der Waals surface area contributed by atoms with Crippen LogP contribution in [-0.4, -0.2) is 9.97 Å². The Morgan fingerprint density at radius 1 is 1.31 bits per heavy atom. The summed E-state index contributed by atoms with van der Waals surface area (Å²) < 4.78 is 1.01. The van der Waals surface area contributed by atoms with Crippen LogP contribution in [0.1, 0.15) is 17.3 Å². The molecule has 82 valence electrons. The molecule has 3 N–H and O–H groups in total. The number of nitrogens with two attached hydrogens (primary N) is 1. The SMILES string of the molecule is NNC(c1cccc(Br)c1)c1cnccn1. The van der Waals surface area contributed by atoms with Crippen molar-refractivity contribution < 1.29 is 0 Å². The summed E-state index contributed by atoms with van der Waals surface area (Å²) in [6.45, 7) is 0. The zero-order valence-corrected chi connectivity index (χ0v) is 10.1. The van der Waals surface area contributed by atoms with E-state index in [0.717, 1.165) is 15.7 Å². The highest BCUT2D eigenvalue weighted by atomic mass is 79.9. The van der Waals surface area contributed by atoms with Crippen molar-refractivity contribution in [3.63, 3.8) is 0 Å². The van der Waals surface area contributed by atoms with Gasteiger partial charge in [0.2, 0.25) is 0 Å². The van der Waals surface area contributed by atoms with Crippen molar-refractivity contribution >= 4 is 15.9 Å². The van der Waals surface area contributed by atoms with Crippen molar-refractivity contribution in [2.24, 2.45) is 5.84 Å². The number of nitrogens with zero attached hydrogens (tertiary/aromatic N) is 2. The Labute approximate surface area is 102 Å². The highest BCUT2D eigenvalue weighted by Gasteiger charge is 2.13. The number of hydrazine groups is 1. The van der Waals surface area contributed by atoms with Gasteiger partial charge in [-0.15, -0.1) is 0 Å². The lowest BCUT2D eigenvalue weighted by molar-refractivity contribution is 0.617. The summed E-state index contributed by atoms with van der Waals surface area (Å²) in [5.41, 5.74) is 4.57. The standard InChI is InChI=1S/C11H11BrN4/c12-9-3-1-2-8(6-9)11(16-13)10-7-14-4-5-15-10/h1-7,11,16H,13H2. The van der Waals surface area contributed by atoms with Crippen molar-refractivity contribution in [1.29, 1.82) is 0 Å². The maximum atomic E-state index is 5.55. The van der Waals surface area contributed by atoms with E-state index >= 15 is 0 Å². The Morgan fingerprint density at radius 2 is 2.19 bits per heavy atom. The van der Waals surface area contributed by atoms with E-state index in [1.54, 1.807) is 18.6 Å². The third-order valence-electron chi connectivity index (χ3n) is 2.23. The molecule has 5 heteroatoms. The number of aromatic nitrogens is 2. The van der Waals surface area contributed by atoms with Crippen molar-refractivity contribution in [2.45, 2.75) is 6.04 Å². The molecule has 0 amide bonds. The monoisotopic (exact) mass is 278 g/mol. The zero-order valence-electron chi connectivity index (χ0n) is 8.47. The molecule has 2 aromatic rings. The third-order valence-corrected chi connectivity index (χ3v) is 2.72. The van der Waals surface area contributed by atoms with Gasteiger partial charge in [-0.05, 0) is 17.7 Å². The van der Waals surface area contributed by atoms with Crippen LogP contribution in [-0.2, 0) is 0 Å². The van der Waals surface area contributed by atoms with Gasteiger partial charge in [0, 0.05) is 16.9 Å². The van der Waals surface area contributed by atoms with Crippen LogP contribution in [0.4, 0.5) is 0 Å². The van der Waals surface area contributed by atoms with E-state index in [0.29, 0.717) is 0 Å². The van der Waals surface area contributed by atoms with Gasteiger partial charge in [-0.3, -0.25) is 15.8 Å². The summed E-state index contributed by atoms with van der Waals surface area (Å²) in [5, 5.41) is 0. The van der Waals surface area contributed by atoms with Crippen LogP contribution in [0.25, 0.3) is 0 Å². The number of halogens is 1. The maximum Gasteiger partial charge on any atom is 0.0897 e. The molecule has 0 aliphatic carbocycles. The predicted molar refractivity (Wildman–Crippen MR) is 65.3 cm³/mol. The molecule has 0 aliphatic rings. The molecule has 1 aromatic carbocycles. The summed E-state index contributed by atoms with van der Waals surface area (Å²) in [4.78, 5) is 8.27. The maximum absolute atomic E-state index is 5.55. The van der Waals surface area contributed by atoms with E-state index in [4.69, 9.17) is 5.84 Å². The largest absolute Gasteiger partial charge is 0.271 e. The van der Waals surface area contributed by atoms with Crippen LogP contribution in [0.2, 0.25) is 0 Å². The second-order valence-corrected chi connectivity index (χ2v) is 4.20. The lowest BCUT2D eigenvalue weighted by Gasteiger charge is -2.15. The highest BCUT2D eigenvalue weighted by Crippen LogP contribution is 2.21. The summed E-state index contributed by atoms with van der Waals surface area (Å²) in [5.74, 6) is 5.55. The minimum absolute atomic E-state index is 0.147. The van der Waals surface area contributed by atoms with Crippen LogP contribution in [0.5, 0.6) is 0 Å². The Bertz CT molecular complexity index is 461. The minimum atomic E-state index is -0.147. The van der Waals surface area contributed by atoms with Crippen LogP contribution in [0, 0.1) is 0 Å². The Morgan fingerprint density at radius 3 is 2.81 bits per heavy atom. The first kappa shape index (κ1) is 11.2. The Kier molecular flexibility index (Phi) is 3.61. The molecule has 0 bridgehead atoms. The molecule has 0 aliphatic heterocycles. The van der Waals surface area contributed by atoms with E-state index < -0.39 is 0 Å². The van der Waals surface area contributed by atoms with Gasteiger partial charge in [0.1, 0.15) is 0 Å². The molecule has 1 unspecified atom stereocenters. The van der Waals surface area contributed by atoms with Crippen molar-refractivity contribution in [3.05, 3.63) is 58.6 Å². The lowest BCUT2D eigenvalue weighted by Crippen LogP contribution is -2.29. The predicted octanol–water partition coefficient (Wildman–Crippen LogP) is 1.79. The quantitative estimate of drug-likeness (QED) is 0.664. The fraction of sp³-hybridized carbons (Fsp3) is 0.0909. The molecule has 2 rings (SSSR count). The number of rotatable bonds is 3. The van der Waals surface area contributed by atoms with Gasteiger partial charge in [0.05, 0.1) is 17.9 Å². The average Bonchev–Trinajstić information content (AvgIpc) is 2.31. The van der Waals surface area contributed by atoms with Gasteiger partial charge in [0.15, 0.2) is 0 Å². The molecular formula is C11H11BrN4. The molecule has 16 heavy (non-hydrogen) atoms. The normalized spacial score (nSPS) is 12.4. The molecule has 0 saturated heterocycles. The molecule has 1 atom stereocenters. The summed E-state index contributed by atoms with van der Waals surface area (Å²) in [6.07, 6.45) is 4.99.